The number of benzene rings is 2. The number of carbonyl (C=O) groups excluding carboxylic acids is 1. The average molecular weight is 445 g/mol. The van der Waals surface area contributed by atoms with E-state index in [-0.39, 0.29) is 35.1 Å². The summed E-state index contributed by atoms with van der Waals surface area (Å²) in [5, 5.41) is 0.452. The fourth-order valence-corrected chi connectivity index (χ4v) is 7.69. The normalized spacial score (nSPS) is 23.5. The summed E-state index contributed by atoms with van der Waals surface area (Å²) in [7, 11) is -3.09. The van der Waals surface area contributed by atoms with Gasteiger partial charge >= 0.3 is 0 Å². The van der Waals surface area contributed by atoms with Crippen LogP contribution in [0.4, 0.5) is 5.69 Å². The van der Waals surface area contributed by atoms with Gasteiger partial charge in [-0.2, -0.15) is 4.99 Å². The third-order valence-corrected chi connectivity index (χ3v) is 8.40. The van der Waals surface area contributed by atoms with E-state index in [2.05, 4.69) is 4.99 Å². The zero-order valence-corrected chi connectivity index (χ0v) is 18.6. The third kappa shape index (κ3) is 4.54. The van der Waals surface area contributed by atoms with E-state index in [0.29, 0.717) is 11.8 Å². The van der Waals surface area contributed by atoms with E-state index in [9.17, 15) is 13.2 Å². The number of hydrogen-bond acceptors (Lipinski definition) is 5. The Hall–Kier alpha value is -2.32. The van der Waals surface area contributed by atoms with Crippen LogP contribution in [0.15, 0.2) is 53.5 Å². The van der Waals surface area contributed by atoms with Crippen molar-refractivity contribution in [2.24, 2.45) is 4.99 Å². The summed E-state index contributed by atoms with van der Waals surface area (Å²) >= 11 is 1.39. The maximum absolute atomic E-state index is 12.7. The van der Waals surface area contributed by atoms with Gasteiger partial charge in [0.2, 0.25) is 0 Å². The lowest BCUT2D eigenvalue weighted by Crippen LogP contribution is -2.37. The van der Waals surface area contributed by atoms with Crippen molar-refractivity contribution in [1.82, 2.24) is 0 Å². The third-order valence-electron chi connectivity index (χ3n) is 5.19. The summed E-state index contributed by atoms with van der Waals surface area (Å²) in [6.07, 6.45) is 0.217. The summed E-state index contributed by atoms with van der Waals surface area (Å²) in [6.45, 7) is 4.49. The molecule has 0 saturated carbocycles. The van der Waals surface area contributed by atoms with E-state index in [1.54, 1.807) is 0 Å². The van der Waals surface area contributed by atoms with Gasteiger partial charge in [0.05, 0.1) is 30.6 Å². The Kier molecular flexibility index (Phi) is 5.88. The molecule has 0 radical (unpaired) electrons. The number of ether oxygens (including phenoxy) is 1. The van der Waals surface area contributed by atoms with Gasteiger partial charge in [0, 0.05) is 10.9 Å². The fraction of sp³-hybridized carbons (Fsp3) is 0.364. The SMILES string of the molecule is CCOc1ccc(N2C(=NC(=O)Cc3ccc(C)cc3)S[C@@H]3CS(=O)(=O)C[C@@H]32)cc1. The summed E-state index contributed by atoms with van der Waals surface area (Å²) in [5.41, 5.74) is 2.87. The molecule has 6 nitrogen and oxygen atoms in total. The highest BCUT2D eigenvalue weighted by Crippen LogP contribution is 2.41. The van der Waals surface area contributed by atoms with E-state index in [1.807, 2.05) is 67.3 Å². The number of thioether (sulfide) groups is 1. The van der Waals surface area contributed by atoms with Gasteiger partial charge in [-0.05, 0) is 43.7 Å². The number of nitrogens with zero attached hydrogens (tertiary/aromatic N) is 2. The second-order valence-electron chi connectivity index (χ2n) is 7.55. The average Bonchev–Trinajstić information content (AvgIpc) is 3.15. The van der Waals surface area contributed by atoms with Crippen molar-refractivity contribution in [1.29, 1.82) is 0 Å². The van der Waals surface area contributed by atoms with Crippen LogP contribution in [0.1, 0.15) is 18.1 Å². The van der Waals surface area contributed by atoms with Crippen LogP contribution in [0.3, 0.4) is 0 Å². The number of aliphatic imine (C=N–C) groups is 1. The number of carbonyl (C=O) groups is 1. The highest BCUT2D eigenvalue weighted by Gasteiger charge is 2.49. The van der Waals surface area contributed by atoms with Crippen molar-refractivity contribution in [3.05, 3.63) is 59.7 Å². The van der Waals surface area contributed by atoms with Crippen LogP contribution < -0.4 is 9.64 Å². The molecular weight excluding hydrogens is 420 g/mol. The molecule has 0 bridgehead atoms. The van der Waals surface area contributed by atoms with E-state index < -0.39 is 9.84 Å². The summed E-state index contributed by atoms with van der Waals surface area (Å²) in [6, 6.07) is 15.1. The number of hydrogen-bond donors (Lipinski definition) is 0. The number of anilines is 1. The zero-order chi connectivity index (χ0) is 21.3. The quantitative estimate of drug-likeness (QED) is 0.705. The van der Waals surface area contributed by atoms with Crippen molar-refractivity contribution < 1.29 is 17.9 Å². The van der Waals surface area contributed by atoms with Gasteiger partial charge in [-0.15, -0.1) is 0 Å². The molecule has 2 heterocycles. The predicted octanol–water partition coefficient (Wildman–Crippen LogP) is 3.24. The molecule has 2 atom stereocenters. The van der Waals surface area contributed by atoms with Crippen molar-refractivity contribution in [3.63, 3.8) is 0 Å². The molecule has 4 rings (SSSR count). The van der Waals surface area contributed by atoms with E-state index >= 15 is 0 Å². The molecule has 30 heavy (non-hydrogen) atoms. The summed E-state index contributed by atoms with van der Waals surface area (Å²) in [4.78, 5) is 18.9. The molecule has 1 amide bonds. The molecule has 8 heteroatoms. The van der Waals surface area contributed by atoms with Gasteiger partial charge in [0.25, 0.3) is 5.91 Å². The zero-order valence-electron chi connectivity index (χ0n) is 16.9. The van der Waals surface area contributed by atoms with Gasteiger partial charge in [-0.1, -0.05) is 41.6 Å². The molecule has 0 aliphatic carbocycles. The number of fused-ring (bicyclic) bond motifs is 1. The molecule has 2 aliphatic rings. The molecule has 2 aliphatic heterocycles. The second kappa shape index (κ2) is 8.43. The molecule has 2 aromatic carbocycles. The molecule has 158 valence electrons. The first-order chi connectivity index (χ1) is 14.3. The van der Waals surface area contributed by atoms with E-state index in [1.165, 1.54) is 11.8 Å². The van der Waals surface area contributed by atoms with E-state index in [0.717, 1.165) is 22.6 Å². The van der Waals surface area contributed by atoms with Gasteiger partial charge in [0.1, 0.15) is 5.75 Å². The topological polar surface area (TPSA) is 76.0 Å². The molecule has 0 N–H and O–H groups in total. The lowest BCUT2D eigenvalue weighted by molar-refractivity contribution is -0.117. The van der Waals surface area contributed by atoms with Crippen LogP contribution in [0.5, 0.6) is 5.75 Å². The lowest BCUT2D eigenvalue weighted by atomic mass is 10.1. The molecular formula is C22H24N2O4S2. The Bertz CT molecular complexity index is 1060. The van der Waals surface area contributed by atoms with E-state index in [4.69, 9.17) is 4.74 Å². The monoisotopic (exact) mass is 444 g/mol. The first-order valence-corrected chi connectivity index (χ1v) is 12.6. The number of rotatable bonds is 5. The van der Waals surface area contributed by atoms with Crippen LogP contribution >= 0.6 is 11.8 Å². The smallest absolute Gasteiger partial charge is 0.252 e. The van der Waals surface area contributed by atoms with Crippen molar-refractivity contribution in [3.8, 4) is 5.75 Å². The summed E-state index contributed by atoms with van der Waals surface area (Å²) in [5.74, 6) is 0.696. The van der Waals surface area contributed by atoms with Crippen LogP contribution in [-0.2, 0) is 21.1 Å². The molecule has 0 unspecified atom stereocenters. The Balaban J connectivity index is 1.61. The first-order valence-electron chi connectivity index (χ1n) is 9.91. The predicted molar refractivity (Wildman–Crippen MR) is 121 cm³/mol. The molecule has 2 aromatic rings. The number of amidine groups is 1. The van der Waals surface area contributed by atoms with Crippen LogP contribution in [0, 0.1) is 6.92 Å². The number of amides is 1. The molecule has 0 spiro atoms. The molecule has 2 saturated heterocycles. The molecule has 0 aromatic heterocycles. The van der Waals surface area contributed by atoms with Crippen molar-refractivity contribution in [2.45, 2.75) is 31.6 Å². The first kappa shape index (κ1) is 20.9. The standard InChI is InChI=1S/C22H24N2O4S2/c1-3-28-18-10-8-17(9-11-18)24-19-13-30(26,27)14-20(19)29-22(24)23-21(25)12-16-6-4-15(2)5-7-16/h4-11,19-20H,3,12-14H2,1-2H3/t19-,20+/m0/s1. The Morgan fingerprint density at radius 1 is 1.13 bits per heavy atom. The minimum absolute atomic E-state index is 0.0725. The highest BCUT2D eigenvalue weighted by molar-refractivity contribution is 8.16. The van der Waals surface area contributed by atoms with Gasteiger partial charge < -0.3 is 9.64 Å². The number of aryl methyl sites for hydroxylation is 1. The van der Waals surface area contributed by atoms with Crippen molar-refractivity contribution in [2.75, 3.05) is 23.0 Å². The maximum atomic E-state index is 12.7. The minimum atomic E-state index is -3.09. The number of sulfone groups is 1. The Morgan fingerprint density at radius 2 is 1.83 bits per heavy atom. The fourth-order valence-electron chi connectivity index (χ4n) is 3.76. The van der Waals surface area contributed by atoms with Gasteiger partial charge in [-0.25, -0.2) is 8.42 Å². The van der Waals surface area contributed by atoms with Gasteiger partial charge in [0.15, 0.2) is 15.0 Å². The highest BCUT2D eigenvalue weighted by atomic mass is 32.2. The summed E-state index contributed by atoms with van der Waals surface area (Å²) < 4.78 is 29.9. The lowest BCUT2D eigenvalue weighted by Gasteiger charge is -2.24. The Morgan fingerprint density at radius 3 is 2.50 bits per heavy atom. The Labute approximate surface area is 181 Å². The van der Waals surface area contributed by atoms with Gasteiger partial charge in [-0.3, -0.25) is 4.79 Å². The molecule has 2 fully saturated rings. The largest absolute Gasteiger partial charge is 0.494 e. The van der Waals surface area contributed by atoms with Crippen molar-refractivity contribution >= 4 is 38.4 Å². The van der Waals surface area contributed by atoms with Crippen LogP contribution in [0.25, 0.3) is 0 Å². The van der Waals surface area contributed by atoms with Crippen LogP contribution in [0.2, 0.25) is 0 Å². The van der Waals surface area contributed by atoms with Crippen LogP contribution in [-0.4, -0.2) is 48.9 Å². The minimum Gasteiger partial charge on any atom is -0.494 e. The maximum Gasteiger partial charge on any atom is 0.252 e. The second-order valence-corrected chi connectivity index (χ2v) is 10.9.